The number of hydrogen-bond acceptors (Lipinski definition) is 2. The first-order valence-corrected chi connectivity index (χ1v) is 8.36. The Morgan fingerprint density at radius 2 is 2.00 bits per heavy atom. The molecule has 2 aromatic rings. The monoisotopic (exact) mass is 415 g/mol. The highest BCUT2D eigenvalue weighted by Gasteiger charge is 2.20. The zero-order chi connectivity index (χ0) is 15.4. The van der Waals surface area contributed by atoms with E-state index in [9.17, 15) is 0 Å². The van der Waals surface area contributed by atoms with Crippen molar-refractivity contribution in [2.24, 2.45) is 0 Å². The second-order valence-corrected chi connectivity index (χ2v) is 6.37. The van der Waals surface area contributed by atoms with Crippen LogP contribution in [-0.4, -0.2) is 13.7 Å². The first-order valence-electron chi connectivity index (χ1n) is 6.90. The number of halogens is 2. The summed E-state index contributed by atoms with van der Waals surface area (Å²) in [5.74, 6) is 0.850. The average Bonchev–Trinajstić information content (AvgIpc) is 2.48. The van der Waals surface area contributed by atoms with E-state index in [4.69, 9.17) is 16.3 Å². The van der Waals surface area contributed by atoms with Gasteiger partial charge in [0.25, 0.3) is 0 Å². The molecule has 1 unspecified atom stereocenters. The molecule has 0 radical (unpaired) electrons. The lowest BCUT2D eigenvalue weighted by atomic mass is 9.96. The van der Waals surface area contributed by atoms with Gasteiger partial charge in [0.05, 0.1) is 13.2 Å². The summed E-state index contributed by atoms with van der Waals surface area (Å²) in [5.41, 5.74) is 3.59. The summed E-state index contributed by atoms with van der Waals surface area (Å²) in [4.78, 5) is 0. The van der Waals surface area contributed by atoms with Crippen LogP contribution in [-0.2, 0) is 0 Å². The van der Waals surface area contributed by atoms with Gasteiger partial charge < -0.3 is 10.1 Å². The van der Waals surface area contributed by atoms with Crippen LogP contribution in [0.5, 0.6) is 5.75 Å². The number of benzene rings is 2. The van der Waals surface area contributed by atoms with Crippen molar-refractivity contribution in [2.45, 2.75) is 19.9 Å². The summed E-state index contributed by atoms with van der Waals surface area (Å²) in [5, 5.41) is 4.26. The molecule has 0 bridgehead atoms. The van der Waals surface area contributed by atoms with Crippen molar-refractivity contribution in [3.8, 4) is 5.75 Å². The molecule has 0 aliphatic rings. The van der Waals surface area contributed by atoms with Gasteiger partial charge in [-0.15, -0.1) is 0 Å². The van der Waals surface area contributed by atoms with Crippen LogP contribution in [0.1, 0.15) is 29.7 Å². The second-order valence-electron chi connectivity index (χ2n) is 4.86. The van der Waals surface area contributed by atoms with E-state index >= 15 is 0 Å². The molecule has 0 heterocycles. The highest BCUT2D eigenvalue weighted by Crippen LogP contribution is 2.34. The van der Waals surface area contributed by atoms with E-state index in [0.717, 1.165) is 22.9 Å². The van der Waals surface area contributed by atoms with E-state index in [1.165, 1.54) is 14.7 Å². The fourth-order valence-electron chi connectivity index (χ4n) is 2.42. The van der Waals surface area contributed by atoms with Crippen LogP contribution < -0.4 is 10.1 Å². The molecular weight excluding hydrogens is 397 g/mol. The van der Waals surface area contributed by atoms with Gasteiger partial charge in [-0.2, -0.15) is 0 Å². The smallest absolute Gasteiger partial charge is 0.124 e. The highest BCUT2D eigenvalue weighted by molar-refractivity contribution is 14.1. The minimum Gasteiger partial charge on any atom is -0.496 e. The van der Waals surface area contributed by atoms with Crippen LogP contribution in [0.2, 0.25) is 5.02 Å². The number of nitrogens with one attached hydrogen (secondary N) is 1. The molecule has 0 saturated heterocycles. The van der Waals surface area contributed by atoms with E-state index in [1.807, 2.05) is 18.2 Å². The van der Waals surface area contributed by atoms with Crippen LogP contribution >= 0.6 is 34.2 Å². The van der Waals surface area contributed by atoms with Crippen molar-refractivity contribution in [3.05, 3.63) is 61.7 Å². The van der Waals surface area contributed by atoms with Gasteiger partial charge >= 0.3 is 0 Å². The molecule has 0 fully saturated rings. The van der Waals surface area contributed by atoms with E-state index in [1.54, 1.807) is 7.11 Å². The van der Waals surface area contributed by atoms with Crippen molar-refractivity contribution in [1.29, 1.82) is 0 Å². The molecule has 0 spiro atoms. The molecule has 112 valence electrons. The summed E-state index contributed by atoms with van der Waals surface area (Å²) >= 11 is 8.60. The Hall–Kier alpha value is -0.780. The van der Waals surface area contributed by atoms with E-state index in [0.29, 0.717) is 0 Å². The summed E-state index contributed by atoms with van der Waals surface area (Å²) in [6, 6.07) is 12.2. The Labute approximate surface area is 145 Å². The van der Waals surface area contributed by atoms with Crippen molar-refractivity contribution in [2.75, 3.05) is 13.7 Å². The molecule has 0 aliphatic heterocycles. The second kappa shape index (κ2) is 7.47. The lowest BCUT2D eigenvalue weighted by Crippen LogP contribution is -2.23. The van der Waals surface area contributed by atoms with Crippen molar-refractivity contribution in [1.82, 2.24) is 5.32 Å². The zero-order valence-corrected chi connectivity index (χ0v) is 15.3. The molecular formula is C17H19ClINO. The molecule has 2 nitrogen and oxygen atoms in total. The van der Waals surface area contributed by atoms with Crippen LogP contribution in [0.15, 0.2) is 36.4 Å². The minimum absolute atomic E-state index is 0.0652. The Balaban J connectivity index is 2.58. The molecule has 0 saturated carbocycles. The van der Waals surface area contributed by atoms with Crippen LogP contribution in [0, 0.1) is 10.5 Å². The normalized spacial score (nSPS) is 12.2. The van der Waals surface area contributed by atoms with Gasteiger partial charge in [0.15, 0.2) is 0 Å². The topological polar surface area (TPSA) is 21.3 Å². The number of rotatable bonds is 5. The fourth-order valence-corrected chi connectivity index (χ4v) is 3.27. The number of hydrogen-bond donors (Lipinski definition) is 1. The highest BCUT2D eigenvalue weighted by atomic mass is 127. The van der Waals surface area contributed by atoms with Crippen LogP contribution in [0.25, 0.3) is 0 Å². The Morgan fingerprint density at radius 3 is 2.67 bits per heavy atom. The first-order chi connectivity index (χ1) is 10.1. The van der Waals surface area contributed by atoms with Gasteiger partial charge in [-0.05, 0) is 65.4 Å². The minimum atomic E-state index is 0.0652. The van der Waals surface area contributed by atoms with Crippen LogP contribution in [0.3, 0.4) is 0 Å². The molecule has 21 heavy (non-hydrogen) atoms. The Kier molecular flexibility index (Phi) is 5.90. The van der Waals surface area contributed by atoms with E-state index in [-0.39, 0.29) is 6.04 Å². The third-order valence-electron chi connectivity index (χ3n) is 3.44. The Bertz CT molecular complexity index is 630. The molecule has 2 rings (SSSR count). The largest absolute Gasteiger partial charge is 0.496 e. The molecule has 1 atom stereocenters. The van der Waals surface area contributed by atoms with Gasteiger partial charge in [-0.1, -0.05) is 36.7 Å². The van der Waals surface area contributed by atoms with Gasteiger partial charge in [0.1, 0.15) is 5.75 Å². The summed E-state index contributed by atoms with van der Waals surface area (Å²) in [6.07, 6.45) is 0. The van der Waals surface area contributed by atoms with Crippen LogP contribution in [0.4, 0.5) is 0 Å². The first kappa shape index (κ1) is 16.6. The molecule has 0 aromatic heterocycles. The van der Waals surface area contributed by atoms with Crippen molar-refractivity contribution < 1.29 is 4.74 Å². The molecule has 2 aromatic carbocycles. The number of ether oxygens (including phenoxy) is 1. The standard InChI is InChI=1S/C17H19ClINO/c1-4-20-17(13-7-5-6-11(2)16(13)19)14-10-12(18)8-9-15(14)21-3/h5-10,17,20H,4H2,1-3H3. The number of methoxy groups -OCH3 is 1. The fraction of sp³-hybridized carbons (Fsp3) is 0.294. The maximum Gasteiger partial charge on any atom is 0.124 e. The molecule has 1 N–H and O–H groups in total. The van der Waals surface area contributed by atoms with Crippen molar-refractivity contribution >= 4 is 34.2 Å². The zero-order valence-electron chi connectivity index (χ0n) is 12.4. The maximum absolute atomic E-state index is 6.19. The van der Waals surface area contributed by atoms with Gasteiger partial charge in [-0.3, -0.25) is 0 Å². The van der Waals surface area contributed by atoms with Gasteiger partial charge in [-0.25, -0.2) is 0 Å². The van der Waals surface area contributed by atoms with E-state index in [2.05, 4.69) is 60.0 Å². The summed E-state index contributed by atoms with van der Waals surface area (Å²) in [7, 11) is 1.69. The SMILES string of the molecule is CCNC(c1cc(Cl)ccc1OC)c1cccc(C)c1I. The average molecular weight is 416 g/mol. The summed E-state index contributed by atoms with van der Waals surface area (Å²) < 4.78 is 6.78. The molecule has 4 heteroatoms. The predicted octanol–water partition coefficient (Wildman–Crippen LogP) is 4.96. The number of aryl methyl sites for hydroxylation is 1. The maximum atomic E-state index is 6.19. The van der Waals surface area contributed by atoms with Gasteiger partial charge in [0.2, 0.25) is 0 Å². The third kappa shape index (κ3) is 3.71. The van der Waals surface area contributed by atoms with E-state index < -0.39 is 0 Å². The lowest BCUT2D eigenvalue weighted by Gasteiger charge is -2.23. The quantitative estimate of drug-likeness (QED) is 0.697. The molecule has 0 amide bonds. The summed E-state index contributed by atoms with van der Waals surface area (Å²) in [6.45, 7) is 5.10. The van der Waals surface area contributed by atoms with Gasteiger partial charge in [0, 0.05) is 14.2 Å². The Morgan fingerprint density at radius 1 is 1.24 bits per heavy atom. The molecule has 0 aliphatic carbocycles. The lowest BCUT2D eigenvalue weighted by molar-refractivity contribution is 0.404. The van der Waals surface area contributed by atoms with Crippen molar-refractivity contribution in [3.63, 3.8) is 0 Å². The third-order valence-corrected chi connectivity index (χ3v) is 5.15. The predicted molar refractivity (Wildman–Crippen MR) is 97.4 cm³/mol.